The molecule has 0 saturated heterocycles. The Morgan fingerprint density at radius 3 is 1.60 bits per heavy atom. The molecule has 0 aliphatic rings. The van der Waals surface area contributed by atoms with Crippen molar-refractivity contribution in [3.63, 3.8) is 0 Å². The molecule has 1 atom stereocenters. The SMILES string of the molecule is C[Si]CC[Si](C)(C)O[Si](C)O[Si](C)(CC[Si]C)O[Si](C)(C)CC[Si]C. The van der Waals surface area contributed by atoms with E-state index in [4.69, 9.17) is 12.3 Å². The Bertz CT molecular complexity index is 358. The minimum Gasteiger partial charge on any atom is -0.436 e. The van der Waals surface area contributed by atoms with Gasteiger partial charge < -0.3 is 12.3 Å². The zero-order valence-electron chi connectivity index (χ0n) is 18.0. The molecule has 0 spiro atoms. The highest BCUT2D eigenvalue weighted by Crippen LogP contribution is 2.27. The molecule has 0 heterocycles. The average Bonchev–Trinajstić information content (AvgIpc) is 2.47. The Hall–Kier alpha value is 1.40. The van der Waals surface area contributed by atoms with Crippen LogP contribution in [0, 0.1) is 0 Å². The van der Waals surface area contributed by atoms with E-state index in [1.54, 1.807) is 0 Å². The van der Waals surface area contributed by atoms with E-state index in [1.165, 1.54) is 30.2 Å². The Balaban J connectivity index is 4.88. The van der Waals surface area contributed by atoms with Crippen LogP contribution in [0.2, 0.25) is 95.2 Å². The molecule has 7 radical (unpaired) electrons. The molecule has 0 aliphatic carbocycles. The van der Waals surface area contributed by atoms with Crippen LogP contribution < -0.4 is 0 Å². The first-order valence-electron chi connectivity index (χ1n) is 9.35. The molecule has 25 heavy (non-hydrogen) atoms. The largest absolute Gasteiger partial charge is 0.436 e. The fourth-order valence-corrected chi connectivity index (χ4v) is 25.3. The third-order valence-corrected chi connectivity index (χ3v) is 22.0. The van der Waals surface area contributed by atoms with Gasteiger partial charge >= 0.3 is 17.8 Å². The predicted octanol–water partition coefficient (Wildman–Crippen LogP) is 5.15. The van der Waals surface area contributed by atoms with Crippen molar-refractivity contribution in [1.82, 2.24) is 0 Å². The average molecular weight is 464 g/mol. The van der Waals surface area contributed by atoms with Gasteiger partial charge in [0.1, 0.15) is 0 Å². The Kier molecular flexibility index (Phi) is 13.5. The van der Waals surface area contributed by atoms with Crippen molar-refractivity contribution in [1.29, 1.82) is 0 Å². The summed E-state index contributed by atoms with van der Waals surface area (Å²) in [6, 6.07) is 7.46. The smallest absolute Gasteiger partial charge is 0.360 e. The molecular formula is C15H39O3Si7. The third-order valence-electron chi connectivity index (χ3n) is 4.06. The molecule has 0 bridgehead atoms. The highest BCUT2D eigenvalue weighted by atomic mass is 28.5. The molecule has 0 rings (SSSR count). The first-order valence-corrected chi connectivity index (χ1v) is 25.0. The minimum absolute atomic E-state index is 0.977. The maximum absolute atomic E-state index is 6.82. The molecule has 0 aromatic heterocycles. The summed E-state index contributed by atoms with van der Waals surface area (Å²) in [4.78, 5) is 0. The molecule has 0 saturated carbocycles. The first-order chi connectivity index (χ1) is 11.5. The van der Waals surface area contributed by atoms with Gasteiger partial charge in [-0.15, -0.1) is 0 Å². The molecule has 0 aliphatic heterocycles. The van der Waals surface area contributed by atoms with Gasteiger partial charge in [-0.25, -0.2) is 0 Å². The van der Waals surface area contributed by atoms with Crippen molar-refractivity contribution < 1.29 is 12.3 Å². The molecule has 0 aromatic rings. The number of rotatable bonds is 15. The van der Waals surface area contributed by atoms with E-state index < -0.39 is 34.5 Å². The van der Waals surface area contributed by atoms with Gasteiger partial charge in [0, 0.05) is 28.6 Å². The normalized spacial score (nSPS) is 15.6. The van der Waals surface area contributed by atoms with Crippen molar-refractivity contribution in [3.8, 4) is 0 Å². The van der Waals surface area contributed by atoms with E-state index in [2.05, 4.69) is 58.9 Å². The second-order valence-electron chi connectivity index (χ2n) is 8.01. The van der Waals surface area contributed by atoms with Crippen molar-refractivity contribution in [2.75, 3.05) is 0 Å². The Morgan fingerprint density at radius 1 is 0.680 bits per heavy atom. The summed E-state index contributed by atoms with van der Waals surface area (Å²) >= 11 is 0. The fraction of sp³-hybridized carbons (Fsp3) is 1.00. The van der Waals surface area contributed by atoms with Crippen molar-refractivity contribution in [3.05, 3.63) is 0 Å². The molecule has 3 nitrogen and oxygen atoms in total. The topological polar surface area (TPSA) is 27.7 Å². The van der Waals surface area contributed by atoms with Crippen LogP contribution in [0.5, 0.6) is 0 Å². The fourth-order valence-electron chi connectivity index (χ4n) is 2.73. The molecule has 1 unspecified atom stereocenters. The van der Waals surface area contributed by atoms with E-state index in [1.807, 2.05) is 0 Å². The van der Waals surface area contributed by atoms with Gasteiger partial charge in [0.15, 0.2) is 16.6 Å². The second kappa shape index (κ2) is 12.8. The summed E-state index contributed by atoms with van der Waals surface area (Å²) in [5.74, 6) is 0. The number of hydrogen-bond acceptors (Lipinski definition) is 3. The van der Waals surface area contributed by atoms with Gasteiger partial charge in [0.2, 0.25) is 0 Å². The summed E-state index contributed by atoms with van der Waals surface area (Å²) in [7, 11) is -3.56. The Labute approximate surface area is 170 Å². The van der Waals surface area contributed by atoms with Crippen molar-refractivity contribution in [2.24, 2.45) is 0 Å². The predicted molar refractivity (Wildman–Crippen MR) is 125 cm³/mol. The zero-order chi connectivity index (χ0) is 19.6. The molecule has 145 valence electrons. The van der Waals surface area contributed by atoms with Gasteiger partial charge in [-0.3, -0.25) is 0 Å². The first kappa shape index (κ1) is 26.4. The maximum Gasteiger partial charge on any atom is 0.360 e. The van der Waals surface area contributed by atoms with E-state index >= 15 is 0 Å². The second-order valence-corrected chi connectivity index (χ2v) is 25.9. The molecule has 0 aromatic carbocycles. The summed E-state index contributed by atoms with van der Waals surface area (Å²) in [6.45, 7) is 20.8. The van der Waals surface area contributed by atoms with Gasteiger partial charge in [-0.2, -0.15) is 0 Å². The highest BCUT2D eigenvalue weighted by Gasteiger charge is 2.41. The van der Waals surface area contributed by atoms with Crippen LogP contribution in [0.1, 0.15) is 0 Å². The van der Waals surface area contributed by atoms with Gasteiger partial charge in [-0.05, 0) is 57.4 Å². The van der Waals surface area contributed by atoms with Crippen molar-refractivity contribution >= 4 is 63.0 Å². The molecular weight excluding hydrogens is 425 g/mol. The Morgan fingerprint density at radius 2 is 1.12 bits per heavy atom. The van der Waals surface area contributed by atoms with Crippen LogP contribution >= 0.6 is 0 Å². The van der Waals surface area contributed by atoms with Gasteiger partial charge in [0.25, 0.3) is 0 Å². The minimum atomic E-state index is -2.13. The van der Waals surface area contributed by atoms with Crippen LogP contribution in [0.15, 0.2) is 0 Å². The van der Waals surface area contributed by atoms with Crippen LogP contribution in [-0.4, -0.2) is 63.0 Å². The lowest BCUT2D eigenvalue weighted by atomic mass is 10.9. The summed E-state index contributed by atoms with van der Waals surface area (Å²) in [5, 5.41) is 0. The number of hydrogen-bond donors (Lipinski definition) is 0. The molecule has 0 fully saturated rings. The maximum atomic E-state index is 6.82. The molecule has 0 amide bonds. The standard InChI is InChI=1S/C15H39O3Si7/c1-19-10-13-23(5,6)16-22(4)17-25(9,15-12-21-3)18-24(7,8)14-11-20-2/h10-15H2,1-9H3. The van der Waals surface area contributed by atoms with E-state index in [9.17, 15) is 0 Å². The summed E-state index contributed by atoms with van der Waals surface area (Å²) in [6.07, 6.45) is 0. The quantitative estimate of drug-likeness (QED) is 0.314. The molecule has 0 N–H and O–H groups in total. The third kappa shape index (κ3) is 13.2. The zero-order valence-corrected chi connectivity index (χ0v) is 25.0. The van der Waals surface area contributed by atoms with Gasteiger partial charge in [0.05, 0.1) is 0 Å². The van der Waals surface area contributed by atoms with E-state index in [-0.39, 0.29) is 0 Å². The lowest BCUT2D eigenvalue weighted by Gasteiger charge is -2.38. The lowest BCUT2D eigenvalue weighted by Crippen LogP contribution is -2.53. The van der Waals surface area contributed by atoms with Crippen LogP contribution in [0.25, 0.3) is 0 Å². The summed E-state index contributed by atoms with van der Waals surface area (Å²) in [5.41, 5.74) is 0. The van der Waals surface area contributed by atoms with Crippen LogP contribution in [0.3, 0.4) is 0 Å². The van der Waals surface area contributed by atoms with Crippen molar-refractivity contribution in [2.45, 2.75) is 95.2 Å². The van der Waals surface area contributed by atoms with E-state index in [0.29, 0.717) is 0 Å². The molecule has 10 heteroatoms. The lowest BCUT2D eigenvalue weighted by molar-refractivity contribution is 0.343. The highest BCUT2D eigenvalue weighted by molar-refractivity contribution is 6.86. The van der Waals surface area contributed by atoms with Crippen LogP contribution in [0.4, 0.5) is 0 Å². The van der Waals surface area contributed by atoms with Gasteiger partial charge in [-0.1, -0.05) is 37.8 Å². The van der Waals surface area contributed by atoms with E-state index in [0.717, 1.165) is 34.6 Å². The summed E-state index contributed by atoms with van der Waals surface area (Å²) < 4.78 is 20.0. The monoisotopic (exact) mass is 463 g/mol. The van der Waals surface area contributed by atoms with Crippen LogP contribution in [-0.2, 0) is 12.3 Å².